The van der Waals surface area contributed by atoms with Gasteiger partial charge in [-0.2, -0.15) is 0 Å². The van der Waals surface area contributed by atoms with Gasteiger partial charge in [0.2, 0.25) is 0 Å². The second-order valence-corrected chi connectivity index (χ2v) is 4.16. The molecule has 0 amide bonds. The van der Waals surface area contributed by atoms with E-state index in [0.29, 0.717) is 6.54 Å². The highest BCUT2D eigenvalue weighted by molar-refractivity contribution is 5.48. The zero-order valence-corrected chi connectivity index (χ0v) is 9.54. The first kappa shape index (κ1) is 10.5. The molecule has 2 heterocycles. The summed E-state index contributed by atoms with van der Waals surface area (Å²) in [5, 5.41) is 0. The fraction of sp³-hybridized carbons (Fsp3) is 0.308. The van der Waals surface area contributed by atoms with Crippen LogP contribution < -0.4 is 5.73 Å². The summed E-state index contributed by atoms with van der Waals surface area (Å²) in [6, 6.07) is 6.26. The summed E-state index contributed by atoms with van der Waals surface area (Å²) < 4.78 is 7.72. The molecule has 0 bridgehead atoms. The Morgan fingerprint density at radius 1 is 1.47 bits per heavy atom. The Bertz CT molecular complexity index is 507. The van der Waals surface area contributed by atoms with Gasteiger partial charge in [0.15, 0.2) is 0 Å². The van der Waals surface area contributed by atoms with Gasteiger partial charge in [-0.15, -0.1) is 0 Å². The van der Waals surface area contributed by atoms with Crippen molar-refractivity contribution in [3.63, 3.8) is 0 Å². The Kier molecular flexibility index (Phi) is 2.66. The van der Waals surface area contributed by atoms with Crippen LogP contribution in [0.1, 0.15) is 17.2 Å². The van der Waals surface area contributed by atoms with Gasteiger partial charge >= 0.3 is 0 Å². The third-order valence-electron chi connectivity index (χ3n) is 3.20. The highest BCUT2D eigenvalue weighted by Crippen LogP contribution is 2.30. The van der Waals surface area contributed by atoms with E-state index in [1.54, 1.807) is 6.20 Å². The van der Waals surface area contributed by atoms with Crippen molar-refractivity contribution in [2.75, 3.05) is 13.2 Å². The molecule has 2 N–H and O–H groups in total. The number of nitrogens with two attached hydrogens (primary N) is 1. The van der Waals surface area contributed by atoms with Crippen molar-refractivity contribution in [2.24, 2.45) is 5.73 Å². The fourth-order valence-electron chi connectivity index (χ4n) is 2.40. The lowest BCUT2D eigenvalue weighted by Crippen LogP contribution is -2.24. The van der Waals surface area contributed by atoms with Crippen LogP contribution in [0.3, 0.4) is 0 Å². The van der Waals surface area contributed by atoms with E-state index in [9.17, 15) is 0 Å². The van der Waals surface area contributed by atoms with Crippen molar-refractivity contribution in [1.29, 1.82) is 0 Å². The standard InChI is InChI=1S/C13H15N3O/c14-8-13-11-2-1-3-12(10(11)4-7-17-13)16-6-5-15-9-16/h1-3,5-6,9,13H,4,7-8,14H2. The maximum absolute atomic E-state index is 5.74. The molecule has 4 heteroatoms. The average Bonchev–Trinajstić information content (AvgIpc) is 2.91. The van der Waals surface area contributed by atoms with Gasteiger partial charge < -0.3 is 15.0 Å². The first-order chi connectivity index (χ1) is 8.40. The van der Waals surface area contributed by atoms with Gasteiger partial charge in [-0.25, -0.2) is 4.98 Å². The van der Waals surface area contributed by atoms with Gasteiger partial charge in [-0.1, -0.05) is 12.1 Å². The molecule has 1 atom stereocenters. The molecule has 1 aromatic carbocycles. The molecule has 1 aliphatic heterocycles. The van der Waals surface area contributed by atoms with E-state index in [0.717, 1.165) is 13.0 Å². The van der Waals surface area contributed by atoms with Gasteiger partial charge in [0.25, 0.3) is 0 Å². The fourth-order valence-corrected chi connectivity index (χ4v) is 2.40. The summed E-state index contributed by atoms with van der Waals surface area (Å²) >= 11 is 0. The molecule has 0 saturated carbocycles. The van der Waals surface area contributed by atoms with Crippen LogP contribution in [0.15, 0.2) is 36.9 Å². The topological polar surface area (TPSA) is 53.1 Å². The number of benzene rings is 1. The van der Waals surface area contributed by atoms with E-state index < -0.39 is 0 Å². The minimum atomic E-state index is 0.0298. The summed E-state index contributed by atoms with van der Waals surface area (Å²) in [6.45, 7) is 1.26. The molecule has 2 aromatic rings. The number of nitrogens with zero attached hydrogens (tertiary/aromatic N) is 2. The van der Waals surface area contributed by atoms with E-state index in [1.165, 1.54) is 16.8 Å². The molecule has 0 fully saturated rings. The molecule has 1 aromatic heterocycles. The third kappa shape index (κ3) is 1.75. The monoisotopic (exact) mass is 229 g/mol. The van der Waals surface area contributed by atoms with E-state index in [2.05, 4.69) is 17.1 Å². The van der Waals surface area contributed by atoms with Crippen LogP contribution in [-0.4, -0.2) is 22.7 Å². The van der Waals surface area contributed by atoms with Crippen molar-refractivity contribution < 1.29 is 4.74 Å². The highest BCUT2D eigenvalue weighted by atomic mass is 16.5. The van der Waals surface area contributed by atoms with E-state index in [4.69, 9.17) is 10.5 Å². The molecule has 4 nitrogen and oxygen atoms in total. The van der Waals surface area contributed by atoms with Crippen molar-refractivity contribution >= 4 is 0 Å². The predicted molar refractivity (Wildman–Crippen MR) is 65.0 cm³/mol. The minimum absolute atomic E-state index is 0.0298. The summed E-state index contributed by atoms with van der Waals surface area (Å²) in [5.41, 5.74) is 9.46. The first-order valence-corrected chi connectivity index (χ1v) is 5.82. The SMILES string of the molecule is NCC1OCCc2c1cccc2-n1ccnc1. The number of ether oxygens (including phenoxy) is 1. The Hall–Kier alpha value is -1.65. The number of imidazole rings is 1. The Labute approximate surface area is 100 Å². The lowest BCUT2D eigenvalue weighted by Gasteiger charge is -2.27. The quantitative estimate of drug-likeness (QED) is 0.848. The van der Waals surface area contributed by atoms with Gasteiger partial charge in [0.1, 0.15) is 0 Å². The summed E-state index contributed by atoms with van der Waals surface area (Å²) in [4.78, 5) is 4.09. The lowest BCUT2D eigenvalue weighted by molar-refractivity contribution is 0.0485. The van der Waals surface area contributed by atoms with Crippen LogP contribution in [0.2, 0.25) is 0 Å². The van der Waals surface area contributed by atoms with Crippen LogP contribution in [0.25, 0.3) is 5.69 Å². The molecule has 17 heavy (non-hydrogen) atoms. The van der Waals surface area contributed by atoms with Crippen LogP contribution in [-0.2, 0) is 11.2 Å². The molecule has 1 aliphatic rings. The van der Waals surface area contributed by atoms with E-state index in [-0.39, 0.29) is 6.10 Å². The van der Waals surface area contributed by atoms with Gasteiger partial charge in [0, 0.05) is 18.9 Å². The third-order valence-corrected chi connectivity index (χ3v) is 3.20. The maximum Gasteiger partial charge on any atom is 0.0991 e. The van der Waals surface area contributed by atoms with Crippen molar-refractivity contribution in [3.05, 3.63) is 48.0 Å². The summed E-state index contributed by atoms with van der Waals surface area (Å²) in [7, 11) is 0. The molecule has 88 valence electrons. The molecule has 0 aliphatic carbocycles. The van der Waals surface area contributed by atoms with Crippen LogP contribution in [0.5, 0.6) is 0 Å². The second kappa shape index (κ2) is 4.31. The number of aromatic nitrogens is 2. The lowest BCUT2D eigenvalue weighted by atomic mass is 9.95. The minimum Gasteiger partial charge on any atom is -0.372 e. The number of hydrogen-bond acceptors (Lipinski definition) is 3. The van der Waals surface area contributed by atoms with E-state index >= 15 is 0 Å². The van der Waals surface area contributed by atoms with Crippen molar-refractivity contribution in [3.8, 4) is 5.69 Å². The molecule has 1 unspecified atom stereocenters. The van der Waals surface area contributed by atoms with Crippen LogP contribution >= 0.6 is 0 Å². The Balaban J connectivity index is 2.12. The number of rotatable bonds is 2. The molecule has 3 rings (SSSR count). The normalized spacial score (nSPS) is 19.0. The molecule has 0 saturated heterocycles. The largest absolute Gasteiger partial charge is 0.372 e. The predicted octanol–water partition coefficient (Wildman–Crippen LogP) is 1.44. The average molecular weight is 229 g/mol. The zero-order valence-electron chi connectivity index (χ0n) is 9.54. The Morgan fingerprint density at radius 2 is 2.41 bits per heavy atom. The van der Waals surface area contributed by atoms with Crippen molar-refractivity contribution in [1.82, 2.24) is 9.55 Å². The Morgan fingerprint density at radius 3 is 3.18 bits per heavy atom. The van der Waals surface area contributed by atoms with Crippen LogP contribution in [0, 0.1) is 0 Å². The number of hydrogen-bond donors (Lipinski definition) is 1. The first-order valence-electron chi connectivity index (χ1n) is 5.82. The highest BCUT2D eigenvalue weighted by Gasteiger charge is 2.21. The maximum atomic E-state index is 5.74. The summed E-state index contributed by atoms with van der Waals surface area (Å²) in [5.74, 6) is 0. The summed E-state index contributed by atoms with van der Waals surface area (Å²) in [6.07, 6.45) is 6.53. The molecular weight excluding hydrogens is 214 g/mol. The molecule has 0 radical (unpaired) electrons. The van der Waals surface area contributed by atoms with Gasteiger partial charge in [-0.05, 0) is 23.6 Å². The molecular formula is C13H15N3O. The van der Waals surface area contributed by atoms with Crippen molar-refractivity contribution in [2.45, 2.75) is 12.5 Å². The van der Waals surface area contributed by atoms with Gasteiger partial charge in [0.05, 0.1) is 24.7 Å². The van der Waals surface area contributed by atoms with Crippen LogP contribution in [0.4, 0.5) is 0 Å². The number of fused-ring (bicyclic) bond motifs is 1. The smallest absolute Gasteiger partial charge is 0.0991 e. The van der Waals surface area contributed by atoms with E-state index in [1.807, 2.05) is 23.2 Å². The zero-order chi connectivity index (χ0) is 11.7. The second-order valence-electron chi connectivity index (χ2n) is 4.16. The molecule has 0 spiro atoms. The van der Waals surface area contributed by atoms with Gasteiger partial charge in [-0.3, -0.25) is 0 Å².